The van der Waals surface area contributed by atoms with Crippen LogP contribution in [0, 0.1) is 12.8 Å². The van der Waals surface area contributed by atoms with Crippen LogP contribution in [0.3, 0.4) is 0 Å². The van der Waals surface area contributed by atoms with Crippen LogP contribution in [0.5, 0.6) is 5.75 Å². The first-order valence-electron chi connectivity index (χ1n) is 7.23. The van der Waals surface area contributed by atoms with Crippen LogP contribution in [-0.2, 0) is 4.74 Å². The van der Waals surface area contributed by atoms with Gasteiger partial charge in [0.2, 0.25) is 0 Å². The first kappa shape index (κ1) is 14.7. The Kier molecular flexibility index (Phi) is 4.88. The van der Waals surface area contributed by atoms with Gasteiger partial charge in [-0.2, -0.15) is 0 Å². The quantitative estimate of drug-likeness (QED) is 0.677. The Morgan fingerprint density at radius 1 is 1.30 bits per heavy atom. The number of carbonyl (C=O) groups excluding carboxylic acids is 1. The molecular formula is C16H23NO3. The van der Waals surface area contributed by atoms with Gasteiger partial charge in [0.05, 0.1) is 25.0 Å². The second-order valence-electron chi connectivity index (χ2n) is 5.51. The van der Waals surface area contributed by atoms with Crippen molar-refractivity contribution < 1.29 is 14.3 Å². The summed E-state index contributed by atoms with van der Waals surface area (Å²) < 4.78 is 10.6. The van der Waals surface area contributed by atoms with Crippen molar-refractivity contribution in [1.29, 1.82) is 0 Å². The van der Waals surface area contributed by atoms with Gasteiger partial charge < -0.3 is 15.2 Å². The molecule has 2 N–H and O–H groups in total. The third kappa shape index (κ3) is 3.44. The molecule has 1 aromatic rings. The molecular weight excluding hydrogens is 254 g/mol. The molecule has 2 rings (SSSR count). The van der Waals surface area contributed by atoms with E-state index in [9.17, 15) is 4.79 Å². The maximum Gasteiger partial charge on any atom is 0.338 e. The van der Waals surface area contributed by atoms with Gasteiger partial charge in [0, 0.05) is 0 Å². The molecule has 0 aromatic heterocycles. The molecule has 4 heteroatoms. The number of nitrogen functional groups attached to an aromatic ring is 1. The minimum absolute atomic E-state index is 0.368. The molecule has 0 heterocycles. The summed E-state index contributed by atoms with van der Waals surface area (Å²) in [6.07, 6.45) is 6.40. The van der Waals surface area contributed by atoms with Crippen molar-refractivity contribution >= 4 is 11.7 Å². The van der Waals surface area contributed by atoms with E-state index in [-0.39, 0.29) is 5.97 Å². The second-order valence-corrected chi connectivity index (χ2v) is 5.51. The Morgan fingerprint density at radius 2 is 2.00 bits per heavy atom. The standard InChI is InChI=1S/C16H23NO3/c1-11-8-15(14(17)9-13(11)16(18)19-2)20-10-12-6-4-3-5-7-12/h8-9,12H,3-7,10,17H2,1-2H3. The summed E-state index contributed by atoms with van der Waals surface area (Å²) in [7, 11) is 1.37. The molecule has 1 saturated carbocycles. The van der Waals surface area contributed by atoms with Gasteiger partial charge in [0.15, 0.2) is 0 Å². The number of esters is 1. The van der Waals surface area contributed by atoms with E-state index in [0.717, 1.165) is 5.56 Å². The van der Waals surface area contributed by atoms with Gasteiger partial charge in [0.25, 0.3) is 0 Å². The van der Waals surface area contributed by atoms with Crippen molar-refractivity contribution in [3.05, 3.63) is 23.3 Å². The number of ether oxygens (including phenoxy) is 2. The van der Waals surface area contributed by atoms with E-state index in [1.807, 2.05) is 13.0 Å². The highest BCUT2D eigenvalue weighted by Gasteiger charge is 2.16. The fourth-order valence-corrected chi connectivity index (χ4v) is 2.71. The molecule has 1 aliphatic carbocycles. The van der Waals surface area contributed by atoms with Crippen molar-refractivity contribution in [2.45, 2.75) is 39.0 Å². The molecule has 0 bridgehead atoms. The highest BCUT2D eigenvalue weighted by molar-refractivity contribution is 5.92. The zero-order chi connectivity index (χ0) is 14.5. The summed E-state index contributed by atoms with van der Waals surface area (Å²) in [5.74, 6) is 0.928. The van der Waals surface area contributed by atoms with E-state index >= 15 is 0 Å². The van der Waals surface area contributed by atoms with Crippen LogP contribution in [0.4, 0.5) is 5.69 Å². The fraction of sp³-hybridized carbons (Fsp3) is 0.562. The molecule has 20 heavy (non-hydrogen) atoms. The van der Waals surface area contributed by atoms with Crippen LogP contribution in [0.15, 0.2) is 12.1 Å². The average molecular weight is 277 g/mol. The summed E-state index contributed by atoms with van der Waals surface area (Å²) in [6, 6.07) is 3.46. The van der Waals surface area contributed by atoms with Crippen LogP contribution < -0.4 is 10.5 Å². The first-order chi connectivity index (χ1) is 9.61. The Morgan fingerprint density at radius 3 is 2.65 bits per heavy atom. The van der Waals surface area contributed by atoms with Gasteiger partial charge in [-0.05, 0) is 43.4 Å². The Hall–Kier alpha value is -1.71. The van der Waals surface area contributed by atoms with Crippen molar-refractivity contribution in [2.75, 3.05) is 19.5 Å². The number of anilines is 1. The molecule has 110 valence electrons. The van der Waals surface area contributed by atoms with Crippen molar-refractivity contribution in [3.63, 3.8) is 0 Å². The molecule has 0 saturated heterocycles. The zero-order valence-electron chi connectivity index (χ0n) is 12.3. The number of methoxy groups -OCH3 is 1. The fourth-order valence-electron chi connectivity index (χ4n) is 2.71. The van der Waals surface area contributed by atoms with E-state index in [2.05, 4.69) is 0 Å². The smallest absolute Gasteiger partial charge is 0.338 e. The summed E-state index contributed by atoms with van der Waals surface area (Å²) in [6.45, 7) is 2.57. The topological polar surface area (TPSA) is 61.5 Å². The number of hydrogen-bond donors (Lipinski definition) is 1. The largest absolute Gasteiger partial charge is 0.491 e. The van der Waals surface area contributed by atoms with E-state index in [1.54, 1.807) is 6.07 Å². The lowest BCUT2D eigenvalue weighted by Crippen LogP contribution is -2.16. The third-order valence-corrected chi connectivity index (χ3v) is 3.96. The number of rotatable bonds is 4. The molecule has 0 radical (unpaired) electrons. The van der Waals surface area contributed by atoms with Crippen LogP contribution in [0.2, 0.25) is 0 Å². The van der Waals surface area contributed by atoms with Crippen LogP contribution in [0.1, 0.15) is 48.0 Å². The van der Waals surface area contributed by atoms with Crippen LogP contribution in [0.25, 0.3) is 0 Å². The van der Waals surface area contributed by atoms with Crippen LogP contribution in [-0.4, -0.2) is 19.7 Å². The van der Waals surface area contributed by atoms with Gasteiger partial charge in [-0.3, -0.25) is 0 Å². The van der Waals surface area contributed by atoms with E-state index < -0.39 is 0 Å². The Labute approximate surface area is 120 Å². The molecule has 0 spiro atoms. The van der Waals surface area contributed by atoms with E-state index in [1.165, 1.54) is 39.2 Å². The van der Waals surface area contributed by atoms with Crippen LogP contribution >= 0.6 is 0 Å². The highest BCUT2D eigenvalue weighted by atomic mass is 16.5. The molecule has 1 fully saturated rings. The van der Waals surface area contributed by atoms with E-state index in [0.29, 0.717) is 29.5 Å². The summed E-state index contributed by atoms with van der Waals surface area (Å²) in [5.41, 5.74) is 7.78. The number of benzene rings is 1. The van der Waals surface area contributed by atoms with E-state index in [4.69, 9.17) is 15.2 Å². The number of nitrogens with two attached hydrogens (primary N) is 1. The van der Waals surface area contributed by atoms with Gasteiger partial charge in [0.1, 0.15) is 5.75 Å². The summed E-state index contributed by atoms with van der Waals surface area (Å²) >= 11 is 0. The lowest BCUT2D eigenvalue weighted by atomic mass is 9.90. The minimum atomic E-state index is -0.368. The van der Waals surface area contributed by atoms with Crippen molar-refractivity contribution in [1.82, 2.24) is 0 Å². The van der Waals surface area contributed by atoms with Crippen molar-refractivity contribution in [2.24, 2.45) is 5.92 Å². The maximum atomic E-state index is 11.6. The molecule has 0 amide bonds. The molecule has 0 atom stereocenters. The lowest BCUT2D eigenvalue weighted by molar-refractivity contribution is 0.0600. The second kappa shape index (κ2) is 6.64. The molecule has 0 aliphatic heterocycles. The Balaban J connectivity index is 2.04. The van der Waals surface area contributed by atoms with Gasteiger partial charge >= 0.3 is 5.97 Å². The first-order valence-corrected chi connectivity index (χ1v) is 7.23. The third-order valence-electron chi connectivity index (χ3n) is 3.96. The zero-order valence-corrected chi connectivity index (χ0v) is 12.3. The SMILES string of the molecule is COC(=O)c1cc(N)c(OCC2CCCCC2)cc1C. The Bertz CT molecular complexity index is 479. The predicted octanol–water partition coefficient (Wildman–Crippen LogP) is 3.32. The van der Waals surface area contributed by atoms with Gasteiger partial charge in [-0.25, -0.2) is 4.79 Å². The predicted molar refractivity (Wildman–Crippen MR) is 79.0 cm³/mol. The summed E-state index contributed by atoms with van der Waals surface area (Å²) in [4.78, 5) is 11.6. The molecule has 1 aromatic carbocycles. The van der Waals surface area contributed by atoms with Crippen molar-refractivity contribution in [3.8, 4) is 5.75 Å². The molecule has 0 unspecified atom stereocenters. The number of aryl methyl sites for hydroxylation is 1. The van der Waals surface area contributed by atoms with Gasteiger partial charge in [-0.1, -0.05) is 19.3 Å². The summed E-state index contributed by atoms with van der Waals surface area (Å²) in [5, 5.41) is 0. The normalized spacial score (nSPS) is 15.9. The minimum Gasteiger partial charge on any atom is -0.491 e. The molecule has 1 aliphatic rings. The van der Waals surface area contributed by atoms with Gasteiger partial charge in [-0.15, -0.1) is 0 Å². The average Bonchev–Trinajstić information content (AvgIpc) is 2.48. The highest BCUT2D eigenvalue weighted by Crippen LogP contribution is 2.29. The monoisotopic (exact) mass is 277 g/mol. The number of hydrogen-bond acceptors (Lipinski definition) is 4. The number of carbonyl (C=O) groups is 1. The lowest BCUT2D eigenvalue weighted by Gasteiger charge is -2.22. The maximum absolute atomic E-state index is 11.6. The molecule has 4 nitrogen and oxygen atoms in total.